The third-order valence-electron chi connectivity index (χ3n) is 13.0. The summed E-state index contributed by atoms with van der Waals surface area (Å²) in [5.41, 5.74) is 0.540. The molecule has 2 N–H and O–H groups in total. The third kappa shape index (κ3) is 3.73. The van der Waals surface area contributed by atoms with Crippen molar-refractivity contribution in [3.63, 3.8) is 0 Å². The van der Waals surface area contributed by atoms with Crippen LogP contribution in [-0.4, -0.2) is 45.5 Å². The normalized spacial score (nSPS) is 40.3. The highest BCUT2D eigenvalue weighted by molar-refractivity contribution is 8.01. The van der Waals surface area contributed by atoms with E-state index in [-0.39, 0.29) is 40.0 Å². The number of hydrogen-bond acceptors (Lipinski definition) is 7. The molecule has 3 saturated carbocycles. The van der Waals surface area contributed by atoms with Crippen LogP contribution in [-0.2, 0) is 0 Å². The summed E-state index contributed by atoms with van der Waals surface area (Å²) in [4.78, 5) is 19.5. The van der Waals surface area contributed by atoms with Crippen molar-refractivity contribution < 1.29 is 19.7 Å². The SMILES string of the molecule is COc1ccc(C(=O)C2=C[C@@]34C=C[C@@]25[C@@H]2CC[C@@](O)(CSc6nc7ccccc7s6)[C@@]2(C)CC[C@@H]5[C@@]3(C)CCC(O)C4)cc1. The maximum Gasteiger partial charge on any atom is 0.189 e. The Morgan fingerprint density at radius 3 is 2.50 bits per heavy atom. The number of hydrogen-bond donors (Lipinski definition) is 2. The fraction of sp³-hybridized carbons (Fsp3) is 0.514. The molecule has 1 heterocycles. The molecule has 6 aliphatic carbocycles. The molecule has 8 atom stereocenters. The van der Waals surface area contributed by atoms with Crippen molar-refractivity contribution >= 4 is 39.1 Å². The lowest BCUT2D eigenvalue weighted by molar-refractivity contribution is -0.166. The first-order chi connectivity index (χ1) is 21.1. The first kappa shape index (κ1) is 29.0. The maximum atomic E-state index is 14.7. The third-order valence-corrected chi connectivity index (χ3v) is 15.4. The second-order valence-electron chi connectivity index (χ2n) is 14.6. The quantitative estimate of drug-likeness (QED) is 0.165. The van der Waals surface area contributed by atoms with Crippen molar-refractivity contribution in [2.45, 2.75) is 74.8 Å². The van der Waals surface area contributed by atoms with Gasteiger partial charge in [0.25, 0.3) is 0 Å². The number of carbonyl (C=O) groups is 1. The number of aliphatic hydroxyl groups excluding tert-OH is 1. The molecule has 0 saturated heterocycles. The predicted molar refractivity (Wildman–Crippen MR) is 176 cm³/mol. The van der Waals surface area contributed by atoms with Gasteiger partial charge < -0.3 is 14.9 Å². The number of thioether (sulfide) groups is 1. The number of thiazole rings is 1. The van der Waals surface area contributed by atoms with E-state index in [1.807, 2.05) is 36.4 Å². The lowest BCUT2D eigenvalue weighted by Crippen LogP contribution is -2.67. The molecule has 7 heteroatoms. The standard InChI is InChI=1S/C37H41NO4S2/c1-33-15-12-24(39)20-35(33)18-19-37(26(21-35)31(40)23-8-10-25(42-3)11-9-23)29(33)13-16-34(2)30(37)14-17-36(34,41)22-43-32-38-27-6-4-5-7-28(27)44-32/h4-11,18-19,21,24,29-30,39,41H,12-17,20,22H2,1-3H3/t24?,29-,30-,33-,34+,35+,36-,37-/m1/s1. The Balaban J connectivity index is 1.20. The Bertz CT molecular complexity index is 1680. The highest BCUT2D eigenvalue weighted by Crippen LogP contribution is 2.78. The summed E-state index contributed by atoms with van der Waals surface area (Å²) in [6, 6.07) is 15.7. The van der Waals surface area contributed by atoms with Gasteiger partial charge in [0.05, 0.1) is 29.0 Å². The summed E-state index contributed by atoms with van der Waals surface area (Å²) in [6.45, 7) is 4.74. The van der Waals surface area contributed by atoms with Crippen LogP contribution in [0, 0.1) is 33.5 Å². The minimum absolute atomic E-state index is 0.0392. The van der Waals surface area contributed by atoms with Crippen LogP contribution in [0.1, 0.15) is 69.2 Å². The van der Waals surface area contributed by atoms with Crippen LogP contribution in [0.5, 0.6) is 5.75 Å². The van der Waals surface area contributed by atoms with Crippen molar-refractivity contribution in [2.75, 3.05) is 12.9 Å². The molecule has 0 radical (unpaired) electrons. The summed E-state index contributed by atoms with van der Waals surface area (Å²) >= 11 is 3.38. The Kier molecular flexibility index (Phi) is 6.44. The molecule has 5 nitrogen and oxygen atoms in total. The summed E-state index contributed by atoms with van der Waals surface area (Å²) in [6.07, 6.45) is 12.6. The van der Waals surface area contributed by atoms with Gasteiger partial charge >= 0.3 is 0 Å². The van der Waals surface area contributed by atoms with Crippen LogP contribution in [0.25, 0.3) is 10.2 Å². The number of aromatic nitrogens is 1. The van der Waals surface area contributed by atoms with Gasteiger partial charge in [0, 0.05) is 33.1 Å². The number of Topliss-reactive ketones (excluding diaryl/α,β-unsaturated/α-hetero) is 1. The molecule has 1 unspecified atom stereocenters. The van der Waals surface area contributed by atoms with Crippen molar-refractivity contribution in [3.8, 4) is 5.75 Å². The lowest BCUT2D eigenvalue weighted by Gasteiger charge is -2.71. The Morgan fingerprint density at radius 2 is 1.73 bits per heavy atom. The number of carbonyl (C=O) groups excluding carboxylic acids is 1. The second kappa shape index (κ2) is 9.78. The number of ether oxygens (including phenoxy) is 1. The summed E-state index contributed by atoms with van der Waals surface area (Å²) in [7, 11) is 1.64. The van der Waals surface area contributed by atoms with Gasteiger partial charge in [-0.25, -0.2) is 4.98 Å². The zero-order valence-corrected chi connectivity index (χ0v) is 27.3. The largest absolute Gasteiger partial charge is 0.497 e. The number of allylic oxidation sites excluding steroid dienone is 4. The van der Waals surface area contributed by atoms with Gasteiger partial charge in [-0.05, 0) is 98.6 Å². The minimum Gasteiger partial charge on any atom is -0.497 e. The number of methoxy groups -OCH3 is 1. The van der Waals surface area contributed by atoms with Gasteiger partial charge in [0.2, 0.25) is 0 Å². The molecular weight excluding hydrogens is 587 g/mol. The van der Waals surface area contributed by atoms with Crippen LogP contribution < -0.4 is 4.74 Å². The number of fused-ring (bicyclic) bond motifs is 2. The van der Waals surface area contributed by atoms with Crippen LogP contribution in [0.15, 0.2) is 76.7 Å². The van der Waals surface area contributed by atoms with E-state index in [2.05, 4.69) is 44.2 Å². The maximum absolute atomic E-state index is 14.7. The van der Waals surface area contributed by atoms with E-state index in [0.29, 0.717) is 17.7 Å². The van der Waals surface area contributed by atoms with Gasteiger partial charge in [-0.2, -0.15) is 0 Å². The minimum atomic E-state index is -0.863. The summed E-state index contributed by atoms with van der Waals surface area (Å²) in [5, 5.41) is 23.5. The van der Waals surface area contributed by atoms with Gasteiger partial charge in [-0.3, -0.25) is 4.79 Å². The van der Waals surface area contributed by atoms with E-state index in [1.165, 1.54) is 4.70 Å². The van der Waals surface area contributed by atoms with Crippen molar-refractivity contribution in [3.05, 3.63) is 77.9 Å². The topological polar surface area (TPSA) is 79.7 Å². The van der Waals surface area contributed by atoms with E-state index < -0.39 is 11.0 Å². The Labute approximate surface area is 267 Å². The van der Waals surface area contributed by atoms with E-state index in [9.17, 15) is 15.0 Å². The molecule has 6 aliphatic rings. The van der Waals surface area contributed by atoms with E-state index in [1.54, 1.807) is 30.2 Å². The Hall–Kier alpha value is -2.45. The highest BCUT2D eigenvalue weighted by Gasteiger charge is 2.74. The van der Waals surface area contributed by atoms with E-state index in [4.69, 9.17) is 9.72 Å². The Morgan fingerprint density at radius 1 is 1.00 bits per heavy atom. The molecular formula is C37H41NO4S2. The van der Waals surface area contributed by atoms with Crippen LogP contribution in [0.3, 0.4) is 0 Å². The fourth-order valence-electron chi connectivity index (χ4n) is 10.6. The number of para-hydroxylation sites is 1. The first-order valence-corrected chi connectivity index (χ1v) is 17.9. The van der Waals surface area contributed by atoms with Gasteiger partial charge in [0.15, 0.2) is 10.1 Å². The fourth-order valence-corrected chi connectivity index (χ4v) is 12.9. The molecule has 44 heavy (non-hydrogen) atoms. The number of aliphatic hydroxyl groups is 2. The second-order valence-corrected chi connectivity index (χ2v) is 16.9. The molecule has 0 aliphatic heterocycles. The highest BCUT2D eigenvalue weighted by atomic mass is 32.2. The molecule has 1 aromatic heterocycles. The molecule has 9 rings (SSSR count). The number of ketones is 1. The van der Waals surface area contributed by atoms with Crippen molar-refractivity contribution in [1.82, 2.24) is 4.98 Å². The van der Waals surface area contributed by atoms with Gasteiger partial charge in [0.1, 0.15) is 5.75 Å². The van der Waals surface area contributed by atoms with Crippen LogP contribution in [0.4, 0.5) is 0 Å². The van der Waals surface area contributed by atoms with Crippen molar-refractivity contribution in [1.29, 1.82) is 0 Å². The van der Waals surface area contributed by atoms with E-state index in [0.717, 1.165) is 59.7 Å². The van der Waals surface area contributed by atoms with E-state index >= 15 is 0 Å². The molecule has 3 fully saturated rings. The van der Waals surface area contributed by atoms with Gasteiger partial charge in [-0.15, -0.1) is 11.3 Å². The average Bonchev–Trinajstić information content (AvgIpc) is 3.57. The smallest absolute Gasteiger partial charge is 0.189 e. The summed E-state index contributed by atoms with van der Waals surface area (Å²) < 4.78 is 7.57. The van der Waals surface area contributed by atoms with Crippen LogP contribution >= 0.6 is 23.1 Å². The van der Waals surface area contributed by atoms with Crippen molar-refractivity contribution in [2.24, 2.45) is 33.5 Å². The van der Waals surface area contributed by atoms with Crippen LogP contribution in [0.2, 0.25) is 0 Å². The zero-order valence-electron chi connectivity index (χ0n) is 25.7. The molecule has 2 bridgehead atoms. The number of rotatable bonds is 6. The lowest BCUT2D eigenvalue weighted by atomic mass is 9.32. The first-order valence-electron chi connectivity index (χ1n) is 16.1. The molecule has 230 valence electrons. The average molecular weight is 628 g/mol. The number of nitrogens with zero attached hydrogens (tertiary/aromatic N) is 1. The monoisotopic (exact) mass is 627 g/mol. The summed E-state index contributed by atoms with van der Waals surface area (Å²) in [5.74, 6) is 1.83. The van der Waals surface area contributed by atoms with Gasteiger partial charge in [-0.1, -0.05) is 56.0 Å². The molecule has 3 aromatic rings. The molecule has 0 amide bonds. The zero-order chi connectivity index (χ0) is 30.5. The number of benzene rings is 2. The molecule has 2 aromatic carbocycles. The predicted octanol–water partition coefficient (Wildman–Crippen LogP) is 7.87. The molecule has 2 spiro atoms.